The van der Waals surface area contributed by atoms with E-state index in [1.54, 1.807) is 0 Å². The minimum Gasteiger partial charge on any atom is -0.494 e. The number of piperidine rings is 1. The maximum Gasteiger partial charge on any atom is 0.225 e. The summed E-state index contributed by atoms with van der Waals surface area (Å²) in [7, 11) is 0. The van der Waals surface area contributed by atoms with Gasteiger partial charge in [-0.05, 0) is 56.1 Å². The molecule has 0 bridgehead atoms. The van der Waals surface area contributed by atoms with E-state index in [-0.39, 0.29) is 5.92 Å². The lowest BCUT2D eigenvalue weighted by Crippen LogP contribution is -2.51. The zero-order valence-electron chi connectivity index (χ0n) is 18.7. The Labute approximate surface area is 186 Å². The van der Waals surface area contributed by atoms with E-state index in [1.165, 1.54) is 11.1 Å². The topological polar surface area (TPSA) is 36.0 Å². The summed E-state index contributed by atoms with van der Waals surface area (Å²) < 4.78 is 5.53. The molecule has 0 saturated carbocycles. The van der Waals surface area contributed by atoms with Crippen molar-refractivity contribution in [2.75, 3.05) is 45.9 Å². The van der Waals surface area contributed by atoms with Gasteiger partial charge in [0.25, 0.3) is 0 Å². The SMILES string of the molecule is CCOc1ccc(CN2CCC(C(=O)N3CCN(Cc4ccccc4)CC3)CC2)cc1. The molecule has 2 fully saturated rings. The summed E-state index contributed by atoms with van der Waals surface area (Å²) in [5.74, 6) is 1.50. The number of carbonyl (C=O) groups is 1. The lowest BCUT2D eigenvalue weighted by molar-refractivity contribution is -0.139. The monoisotopic (exact) mass is 421 g/mol. The fourth-order valence-corrected chi connectivity index (χ4v) is 4.68. The number of carbonyl (C=O) groups excluding carboxylic acids is 1. The van der Waals surface area contributed by atoms with E-state index in [0.717, 1.165) is 70.9 Å². The number of amides is 1. The average molecular weight is 422 g/mol. The highest BCUT2D eigenvalue weighted by molar-refractivity contribution is 5.79. The first kappa shape index (κ1) is 21.8. The predicted molar refractivity (Wildman–Crippen MR) is 124 cm³/mol. The van der Waals surface area contributed by atoms with E-state index in [4.69, 9.17) is 4.74 Å². The number of benzene rings is 2. The lowest BCUT2D eigenvalue weighted by atomic mass is 9.94. The Kier molecular flexibility index (Phi) is 7.60. The van der Waals surface area contributed by atoms with E-state index in [2.05, 4.69) is 57.2 Å². The van der Waals surface area contributed by atoms with E-state index >= 15 is 0 Å². The van der Waals surface area contributed by atoms with Crippen molar-refractivity contribution in [1.29, 1.82) is 0 Å². The van der Waals surface area contributed by atoms with Crippen molar-refractivity contribution in [2.45, 2.75) is 32.9 Å². The molecule has 0 aromatic heterocycles. The van der Waals surface area contributed by atoms with Gasteiger partial charge in [0.2, 0.25) is 5.91 Å². The van der Waals surface area contributed by atoms with Crippen LogP contribution in [0.4, 0.5) is 0 Å². The highest BCUT2D eigenvalue weighted by atomic mass is 16.5. The van der Waals surface area contributed by atoms with Gasteiger partial charge in [0.15, 0.2) is 0 Å². The van der Waals surface area contributed by atoms with Gasteiger partial charge in [-0.3, -0.25) is 14.6 Å². The van der Waals surface area contributed by atoms with Crippen molar-refractivity contribution < 1.29 is 9.53 Å². The van der Waals surface area contributed by atoms with Crippen LogP contribution in [0.15, 0.2) is 54.6 Å². The van der Waals surface area contributed by atoms with Crippen LogP contribution < -0.4 is 4.74 Å². The minimum absolute atomic E-state index is 0.192. The van der Waals surface area contributed by atoms with Crippen LogP contribution >= 0.6 is 0 Å². The second kappa shape index (κ2) is 10.8. The summed E-state index contributed by atoms with van der Waals surface area (Å²) in [5.41, 5.74) is 2.66. The largest absolute Gasteiger partial charge is 0.494 e. The molecule has 31 heavy (non-hydrogen) atoms. The molecule has 2 heterocycles. The van der Waals surface area contributed by atoms with Gasteiger partial charge >= 0.3 is 0 Å². The molecule has 4 rings (SSSR count). The van der Waals surface area contributed by atoms with Crippen LogP contribution in [-0.2, 0) is 17.9 Å². The number of hydrogen-bond acceptors (Lipinski definition) is 4. The third-order valence-corrected chi connectivity index (χ3v) is 6.51. The summed E-state index contributed by atoms with van der Waals surface area (Å²) in [5, 5.41) is 0. The van der Waals surface area contributed by atoms with Crippen LogP contribution in [-0.4, -0.2) is 66.5 Å². The number of piperazine rings is 1. The van der Waals surface area contributed by atoms with E-state index < -0.39 is 0 Å². The van der Waals surface area contributed by atoms with Gasteiger partial charge in [0, 0.05) is 45.2 Å². The molecular weight excluding hydrogens is 386 g/mol. The van der Waals surface area contributed by atoms with Crippen LogP contribution in [0.5, 0.6) is 5.75 Å². The van der Waals surface area contributed by atoms with Crippen molar-refractivity contribution in [3.63, 3.8) is 0 Å². The first-order chi connectivity index (χ1) is 15.2. The zero-order chi connectivity index (χ0) is 21.5. The molecule has 0 atom stereocenters. The Balaban J connectivity index is 1.19. The fourth-order valence-electron chi connectivity index (χ4n) is 4.68. The van der Waals surface area contributed by atoms with Crippen LogP contribution in [0.1, 0.15) is 30.9 Å². The molecule has 2 aromatic rings. The molecule has 2 aromatic carbocycles. The molecule has 5 nitrogen and oxygen atoms in total. The Morgan fingerprint density at radius 3 is 2.00 bits per heavy atom. The first-order valence-electron chi connectivity index (χ1n) is 11.7. The Bertz CT molecular complexity index is 808. The normalized spacial score (nSPS) is 18.8. The van der Waals surface area contributed by atoms with Crippen LogP contribution in [0.2, 0.25) is 0 Å². The predicted octanol–water partition coefficient (Wildman–Crippen LogP) is 3.64. The summed E-state index contributed by atoms with van der Waals surface area (Å²) in [6, 6.07) is 19.0. The number of nitrogens with zero attached hydrogens (tertiary/aromatic N) is 3. The molecule has 1 amide bonds. The number of hydrogen-bond donors (Lipinski definition) is 0. The first-order valence-corrected chi connectivity index (χ1v) is 11.7. The van der Waals surface area contributed by atoms with Gasteiger partial charge in [-0.1, -0.05) is 42.5 Å². The van der Waals surface area contributed by atoms with Crippen molar-refractivity contribution in [2.24, 2.45) is 5.92 Å². The molecule has 2 aliphatic rings. The smallest absolute Gasteiger partial charge is 0.225 e. The fraction of sp³-hybridized carbons (Fsp3) is 0.500. The molecule has 0 aliphatic carbocycles. The average Bonchev–Trinajstić information content (AvgIpc) is 2.82. The van der Waals surface area contributed by atoms with Crippen LogP contribution in [0, 0.1) is 5.92 Å². The van der Waals surface area contributed by atoms with Crippen LogP contribution in [0.3, 0.4) is 0 Å². The van der Waals surface area contributed by atoms with E-state index in [1.807, 2.05) is 19.1 Å². The van der Waals surface area contributed by atoms with Crippen molar-refractivity contribution >= 4 is 5.91 Å². The summed E-state index contributed by atoms with van der Waals surface area (Å²) in [6.07, 6.45) is 1.94. The summed E-state index contributed by atoms with van der Waals surface area (Å²) in [4.78, 5) is 20.1. The number of rotatable bonds is 7. The Morgan fingerprint density at radius 2 is 1.39 bits per heavy atom. The Hall–Kier alpha value is -2.37. The quantitative estimate of drug-likeness (QED) is 0.684. The highest BCUT2D eigenvalue weighted by Gasteiger charge is 2.30. The molecule has 0 spiro atoms. The van der Waals surface area contributed by atoms with Gasteiger partial charge in [-0.15, -0.1) is 0 Å². The van der Waals surface area contributed by atoms with Crippen LogP contribution in [0.25, 0.3) is 0 Å². The van der Waals surface area contributed by atoms with Crippen molar-refractivity contribution in [3.8, 4) is 5.75 Å². The minimum atomic E-state index is 0.192. The lowest BCUT2D eigenvalue weighted by Gasteiger charge is -2.38. The molecular formula is C26H35N3O2. The summed E-state index contributed by atoms with van der Waals surface area (Å²) in [6.45, 7) is 10.3. The van der Waals surface area contributed by atoms with Gasteiger partial charge < -0.3 is 9.64 Å². The highest BCUT2D eigenvalue weighted by Crippen LogP contribution is 2.23. The number of ether oxygens (including phenoxy) is 1. The second-order valence-corrected chi connectivity index (χ2v) is 8.71. The van der Waals surface area contributed by atoms with E-state index in [9.17, 15) is 4.79 Å². The number of likely N-dealkylation sites (tertiary alicyclic amines) is 1. The maximum atomic E-state index is 13.1. The molecule has 166 valence electrons. The van der Waals surface area contributed by atoms with Crippen molar-refractivity contribution in [3.05, 3.63) is 65.7 Å². The maximum absolute atomic E-state index is 13.1. The molecule has 0 N–H and O–H groups in total. The van der Waals surface area contributed by atoms with Gasteiger partial charge in [-0.25, -0.2) is 0 Å². The standard InChI is InChI=1S/C26H35N3O2/c1-2-31-25-10-8-23(9-11-25)21-27-14-12-24(13-15-27)26(30)29-18-16-28(17-19-29)20-22-6-4-3-5-7-22/h3-11,24H,2,12-21H2,1H3. The third kappa shape index (κ3) is 6.08. The molecule has 5 heteroatoms. The van der Waals surface area contributed by atoms with Gasteiger partial charge in [0.1, 0.15) is 5.75 Å². The third-order valence-electron chi connectivity index (χ3n) is 6.51. The van der Waals surface area contributed by atoms with Gasteiger partial charge in [0.05, 0.1) is 6.61 Å². The molecule has 2 saturated heterocycles. The van der Waals surface area contributed by atoms with Gasteiger partial charge in [-0.2, -0.15) is 0 Å². The molecule has 2 aliphatic heterocycles. The Morgan fingerprint density at radius 1 is 0.806 bits per heavy atom. The molecule has 0 radical (unpaired) electrons. The molecule has 0 unspecified atom stereocenters. The van der Waals surface area contributed by atoms with Crippen molar-refractivity contribution in [1.82, 2.24) is 14.7 Å². The van der Waals surface area contributed by atoms with E-state index in [0.29, 0.717) is 12.5 Å². The zero-order valence-corrected chi connectivity index (χ0v) is 18.7. The summed E-state index contributed by atoms with van der Waals surface area (Å²) >= 11 is 0. The second-order valence-electron chi connectivity index (χ2n) is 8.71.